The summed E-state index contributed by atoms with van der Waals surface area (Å²) in [4.78, 5) is 54.7. The number of anilines is 1. The molecule has 1 atom stereocenters. The van der Waals surface area contributed by atoms with Crippen LogP contribution < -0.4 is 20.1 Å². The van der Waals surface area contributed by atoms with Crippen LogP contribution >= 0.6 is 0 Å². The molecule has 33 heavy (non-hydrogen) atoms. The summed E-state index contributed by atoms with van der Waals surface area (Å²) in [5, 5.41) is 5.53. The molecule has 2 saturated heterocycles. The molecular formula is C23H30N4O6. The highest BCUT2D eigenvalue weighted by atomic mass is 16.5. The summed E-state index contributed by atoms with van der Waals surface area (Å²) < 4.78 is 10.7. The van der Waals surface area contributed by atoms with E-state index in [0.29, 0.717) is 37.4 Å². The third kappa shape index (κ3) is 3.98. The molecule has 1 saturated carbocycles. The van der Waals surface area contributed by atoms with Crippen molar-refractivity contribution in [1.82, 2.24) is 15.1 Å². The average Bonchev–Trinajstić information content (AvgIpc) is 3.55. The average molecular weight is 459 g/mol. The first kappa shape index (κ1) is 22.9. The number of amides is 5. The molecule has 0 bridgehead atoms. The van der Waals surface area contributed by atoms with Crippen LogP contribution in [0.15, 0.2) is 12.1 Å². The highest BCUT2D eigenvalue weighted by Gasteiger charge is 2.54. The van der Waals surface area contributed by atoms with Gasteiger partial charge in [0, 0.05) is 19.2 Å². The van der Waals surface area contributed by atoms with Gasteiger partial charge in [-0.25, -0.2) is 9.69 Å². The van der Waals surface area contributed by atoms with Crippen LogP contribution in [0.1, 0.15) is 55.8 Å². The Morgan fingerprint density at radius 1 is 1.03 bits per heavy atom. The molecule has 1 aromatic carbocycles. The molecule has 2 heterocycles. The predicted octanol–water partition coefficient (Wildman–Crippen LogP) is 2.13. The lowest BCUT2D eigenvalue weighted by atomic mass is 9.97. The Hall–Kier alpha value is -3.30. The van der Waals surface area contributed by atoms with Crippen molar-refractivity contribution in [2.24, 2.45) is 0 Å². The van der Waals surface area contributed by atoms with Gasteiger partial charge in [0.05, 0.1) is 25.5 Å². The van der Waals surface area contributed by atoms with Crippen molar-refractivity contribution in [3.05, 3.63) is 17.7 Å². The van der Waals surface area contributed by atoms with E-state index in [9.17, 15) is 19.2 Å². The molecule has 178 valence electrons. The lowest BCUT2D eigenvalue weighted by molar-refractivity contribution is -0.136. The van der Waals surface area contributed by atoms with Gasteiger partial charge in [-0.15, -0.1) is 0 Å². The van der Waals surface area contributed by atoms with E-state index in [1.165, 1.54) is 27.2 Å². The minimum absolute atomic E-state index is 0.226. The number of benzene rings is 1. The fourth-order valence-electron chi connectivity index (χ4n) is 4.91. The third-order valence-electron chi connectivity index (χ3n) is 6.82. The molecule has 5 amide bonds. The molecule has 2 N–H and O–H groups in total. The standard InChI is InChI=1S/C23H30N4O6/c1-14(27-21(30)23(25-22(27)31)8-4-5-9-23)19(28)24-16-13-18(33-3)17(32-2)12-15(16)20(29)26-10-6-7-11-26/h12-14H,4-11H2,1-3H3,(H,24,28)(H,25,31). The van der Waals surface area contributed by atoms with Gasteiger partial charge < -0.3 is 25.0 Å². The first-order valence-corrected chi connectivity index (χ1v) is 11.3. The summed E-state index contributed by atoms with van der Waals surface area (Å²) in [7, 11) is 2.93. The Morgan fingerprint density at radius 3 is 2.24 bits per heavy atom. The van der Waals surface area contributed by atoms with Crippen LogP contribution in [0.4, 0.5) is 10.5 Å². The number of imide groups is 1. The van der Waals surface area contributed by atoms with Crippen molar-refractivity contribution in [2.75, 3.05) is 32.6 Å². The maximum Gasteiger partial charge on any atom is 0.325 e. The van der Waals surface area contributed by atoms with Crippen LogP contribution in [0.5, 0.6) is 11.5 Å². The number of hydrogen-bond acceptors (Lipinski definition) is 6. The van der Waals surface area contributed by atoms with E-state index in [0.717, 1.165) is 30.6 Å². The van der Waals surface area contributed by atoms with Gasteiger partial charge in [-0.05, 0) is 38.7 Å². The van der Waals surface area contributed by atoms with Crippen LogP contribution in [0.2, 0.25) is 0 Å². The molecule has 1 spiro atoms. The van der Waals surface area contributed by atoms with E-state index >= 15 is 0 Å². The number of hydrogen-bond donors (Lipinski definition) is 2. The number of rotatable bonds is 6. The summed E-state index contributed by atoms with van der Waals surface area (Å²) in [6.45, 7) is 2.78. The molecule has 0 aromatic heterocycles. The Kier molecular flexibility index (Phi) is 6.18. The van der Waals surface area contributed by atoms with Crippen molar-refractivity contribution in [2.45, 2.75) is 57.0 Å². The zero-order valence-corrected chi connectivity index (χ0v) is 19.2. The van der Waals surface area contributed by atoms with Gasteiger partial charge in [-0.1, -0.05) is 12.8 Å². The van der Waals surface area contributed by atoms with Gasteiger partial charge in [0.2, 0.25) is 5.91 Å². The summed E-state index contributed by atoms with van der Waals surface area (Å²) in [5.74, 6) is -0.456. The van der Waals surface area contributed by atoms with E-state index < -0.39 is 23.5 Å². The van der Waals surface area contributed by atoms with E-state index in [2.05, 4.69) is 10.6 Å². The molecule has 2 aliphatic heterocycles. The quantitative estimate of drug-likeness (QED) is 0.631. The molecular weight excluding hydrogens is 428 g/mol. The van der Waals surface area contributed by atoms with Crippen LogP contribution in [-0.4, -0.2) is 72.4 Å². The van der Waals surface area contributed by atoms with Crippen molar-refractivity contribution in [3.8, 4) is 11.5 Å². The fourth-order valence-corrected chi connectivity index (χ4v) is 4.91. The van der Waals surface area contributed by atoms with Crippen molar-refractivity contribution < 1.29 is 28.7 Å². The first-order chi connectivity index (χ1) is 15.8. The number of carbonyl (C=O) groups is 4. The van der Waals surface area contributed by atoms with Gasteiger partial charge in [-0.3, -0.25) is 14.4 Å². The number of methoxy groups -OCH3 is 2. The number of nitrogens with one attached hydrogen (secondary N) is 2. The maximum absolute atomic E-state index is 13.2. The monoisotopic (exact) mass is 458 g/mol. The van der Waals surface area contributed by atoms with E-state index in [1.54, 1.807) is 11.0 Å². The Bertz CT molecular complexity index is 981. The van der Waals surface area contributed by atoms with Gasteiger partial charge in [-0.2, -0.15) is 0 Å². The van der Waals surface area contributed by atoms with Gasteiger partial charge in [0.15, 0.2) is 11.5 Å². The Labute approximate surface area is 192 Å². The highest BCUT2D eigenvalue weighted by Crippen LogP contribution is 2.37. The van der Waals surface area contributed by atoms with E-state index in [-0.39, 0.29) is 23.1 Å². The molecule has 1 aromatic rings. The molecule has 0 radical (unpaired) electrons. The van der Waals surface area contributed by atoms with Crippen molar-refractivity contribution in [3.63, 3.8) is 0 Å². The molecule has 1 unspecified atom stereocenters. The Morgan fingerprint density at radius 2 is 1.64 bits per heavy atom. The normalized spacial score (nSPS) is 20.2. The lowest BCUT2D eigenvalue weighted by Gasteiger charge is -2.24. The van der Waals surface area contributed by atoms with Gasteiger partial charge in [0.25, 0.3) is 11.8 Å². The number of nitrogens with zero attached hydrogens (tertiary/aromatic N) is 2. The lowest BCUT2D eigenvalue weighted by Crippen LogP contribution is -2.48. The second kappa shape index (κ2) is 8.92. The maximum atomic E-state index is 13.2. The van der Waals surface area contributed by atoms with Crippen LogP contribution in [0.3, 0.4) is 0 Å². The SMILES string of the molecule is COc1cc(NC(=O)C(C)N2C(=O)NC3(CCCC3)C2=O)c(C(=O)N2CCCC2)cc1OC. The first-order valence-electron chi connectivity index (χ1n) is 11.3. The van der Waals surface area contributed by atoms with Gasteiger partial charge >= 0.3 is 6.03 Å². The zero-order chi connectivity index (χ0) is 23.8. The minimum Gasteiger partial charge on any atom is -0.493 e. The Balaban J connectivity index is 1.60. The molecule has 10 nitrogen and oxygen atoms in total. The summed E-state index contributed by atoms with van der Waals surface area (Å²) in [5.41, 5.74) is -0.394. The number of likely N-dealkylation sites (tertiary alicyclic amines) is 1. The highest BCUT2D eigenvalue weighted by molar-refractivity contribution is 6.12. The minimum atomic E-state index is -1.06. The number of urea groups is 1. The van der Waals surface area contributed by atoms with Crippen molar-refractivity contribution in [1.29, 1.82) is 0 Å². The zero-order valence-electron chi connectivity index (χ0n) is 19.2. The second-order valence-corrected chi connectivity index (χ2v) is 8.81. The summed E-state index contributed by atoms with van der Waals surface area (Å²) >= 11 is 0. The number of carbonyl (C=O) groups excluding carboxylic acids is 4. The smallest absolute Gasteiger partial charge is 0.325 e. The molecule has 10 heteroatoms. The van der Waals surface area contributed by atoms with E-state index in [1.807, 2.05) is 0 Å². The number of ether oxygens (including phenoxy) is 2. The molecule has 1 aliphatic carbocycles. The van der Waals surface area contributed by atoms with Crippen molar-refractivity contribution >= 4 is 29.4 Å². The molecule has 3 aliphatic rings. The fraction of sp³-hybridized carbons (Fsp3) is 0.565. The second-order valence-electron chi connectivity index (χ2n) is 8.81. The van der Waals surface area contributed by atoms with Gasteiger partial charge in [0.1, 0.15) is 11.6 Å². The summed E-state index contributed by atoms with van der Waals surface area (Å²) in [6, 6.07) is 1.45. The third-order valence-corrected chi connectivity index (χ3v) is 6.82. The van der Waals surface area contributed by atoms with Crippen LogP contribution in [-0.2, 0) is 9.59 Å². The topological polar surface area (TPSA) is 117 Å². The molecule has 4 rings (SSSR count). The predicted molar refractivity (Wildman–Crippen MR) is 119 cm³/mol. The van der Waals surface area contributed by atoms with Crippen LogP contribution in [0, 0.1) is 0 Å². The molecule has 3 fully saturated rings. The summed E-state index contributed by atoms with van der Waals surface area (Å²) in [6.07, 6.45) is 4.71. The van der Waals surface area contributed by atoms with E-state index in [4.69, 9.17) is 9.47 Å². The largest absolute Gasteiger partial charge is 0.493 e. The van der Waals surface area contributed by atoms with Crippen LogP contribution in [0.25, 0.3) is 0 Å².